The molecule has 0 aromatic carbocycles. The van der Waals surface area contributed by atoms with Crippen molar-refractivity contribution in [2.45, 2.75) is 11.3 Å². The zero-order chi connectivity index (χ0) is 15.3. The number of nitrogen functional groups attached to an aromatic ring is 1. The van der Waals surface area contributed by atoms with Crippen LogP contribution in [-0.2, 0) is 10.0 Å². The number of pyridine rings is 1. The van der Waals surface area contributed by atoms with Crippen molar-refractivity contribution >= 4 is 27.4 Å². The van der Waals surface area contributed by atoms with E-state index < -0.39 is 10.0 Å². The topological polar surface area (TPSA) is 100 Å². The molecule has 0 atom stereocenters. The summed E-state index contributed by atoms with van der Waals surface area (Å²) in [4.78, 5) is 5.99. The summed E-state index contributed by atoms with van der Waals surface area (Å²) in [5, 5.41) is 3.52. The molecule has 1 aliphatic heterocycles. The van der Waals surface area contributed by atoms with Gasteiger partial charge in [-0.1, -0.05) is 11.6 Å². The Morgan fingerprint density at radius 1 is 1.43 bits per heavy atom. The van der Waals surface area contributed by atoms with Gasteiger partial charge in [0.25, 0.3) is 0 Å². The number of nitrogens with two attached hydrogens (primary N) is 1. The van der Waals surface area contributed by atoms with E-state index in [0.29, 0.717) is 6.54 Å². The van der Waals surface area contributed by atoms with Gasteiger partial charge in [-0.25, -0.2) is 18.1 Å². The largest absolute Gasteiger partial charge is 0.383 e. The smallest absolute Gasteiger partial charge is 0.244 e. The Morgan fingerprint density at radius 3 is 2.86 bits per heavy atom. The summed E-state index contributed by atoms with van der Waals surface area (Å²) in [6.07, 6.45) is 2.06. The van der Waals surface area contributed by atoms with E-state index in [4.69, 9.17) is 17.3 Å². The number of sulfonamides is 1. The Kier molecular flexibility index (Phi) is 5.77. The zero-order valence-corrected chi connectivity index (χ0v) is 13.3. The first-order valence-corrected chi connectivity index (χ1v) is 8.69. The van der Waals surface area contributed by atoms with Crippen LogP contribution in [0, 0.1) is 0 Å². The maximum absolute atomic E-state index is 12.1. The first-order chi connectivity index (χ1) is 9.99. The van der Waals surface area contributed by atoms with Gasteiger partial charge in [0.15, 0.2) is 0 Å². The summed E-state index contributed by atoms with van der Waals surface area (Å²) in [6, 6.07) is 1.31. The van der Waals surface area contributed by atoms with Crippen LogP contribution in [0.1, 0.15) is 6.42 Å². The van der Waals surface area contributed by atoms with Crippen LogP contribution in [0.15, 0.2) is 17.2 Å². The van der Waals surface area contributed by atoms with Crippen LogP contribution in [-0.4, -0.2) is 57.6 Å². The third kappa shape index (κ3) is 4.79. The molecule has 1 aliphatic rings. The highest BCUT2D eigenvalue weighted by atomic mass is 35.5. The minimum Gasteiger partial charge on any atom is -0.383 e. The molecule has 0 saturated carbocycles. The van der Waals surface area contributed by atoms with Crippen molar-refractivity contribution in [3.05, 3.63) is 17.3 Å². The molecule has 7 nitrogen and oxygen atoms in total. The molecule has 0 amide bonds. The van der Waals surface area contributed by atoms with Crippen molar-refractivity contribution < 1.29 is 8.42 Å². The molecule has 1 fully saturated rings. The molecule has 9 heteroatoms. The number of halogens is 1. The molecular formula is C12H20ClN5O2S. The van der Waals surface area contributed by atoms with E-state index in [1.807, 2.05) is 0 Å². The maximum Gasteiger partial charge on any atom is 0.244 e. The van der Waals surface area contributed by atoms with E-state index in [0.717, 1.165) is 39.1 Å². The number of piperazine rings is 1. The van der Waals surface area contributed by atoms with Gasteiger partial charge in [-0.2, -0.15) is 0 Å². The monoisotopic (exact) mass is 333 g/mol. The molecule has 1 saturated heterocycles. The first-order valence-electron chi connectivity index (χ1n) is 6.83. The number of hydrogen-bond donors (Lipinski definition) is 3. The van der Waals surface area contributed by atoms with Crippen molar-refractivity contribution in [1.82, 2.24) is 19.9 Å². The van der Waals surface area contributed by atoms with Gasteiger partial charge in [-0.15, -0.1) is 0 Å². The van der Waals surface area contributed by atoms with E-state index >= 15 is 0 Å². The van der Waals surface area contributed by atoms with Gasteiger partial charge in [0, 0.05) is 38.9 Å². The number of anilines is 1. The standard InChI is InChI=1S/C12H20ClN5O2S/c13-10-8-11(12(14)16-9-10)21(19,20)17-2-1-5-18-6-3-15-4-7-18/h8-9,15,17H,1-7H2,(H2,14,16). The minimum absolute atomic E-state index is 0.0472. The highest BCUT2D eigenvalue weighted by Gasteiger charge is 2.18. The quantitative estimate of drug-likeness (QED) is 0.628. The van der Waals surface area contributed by atoms with Crippen LogP contribution in [0.5, 0.6) is 0 Å². The molecule has 0 spiro atoms. The highest BCUT2D eigenvalue weighted by Crippen LogP contribution is 2.19. The second kappa shape index (κ2) is 7.37. The van der Waals surface area contributed by atoms with E-state index in [-0.39, 0.29) is 15.7 Å². The van der Waals surface area contributed by atoms with Gasteiger partial charge in [-0.05, 0) is 19.0 Å². The van der Waals surface area contributed by atoms with Gasteiger partial charge in [0.2, 0.25) is 10.0 Å². The summed E-state index contributed by atoms with van der Waals surface area (Å²) in [6.45, 7) is 5.19. The molecule has 0 aliphatic carbocycles. The fourth-order valence-electron chi connectivity index (χ4n) is 2.17. The number of hydrogen-bond acceptors (Lipinski definition) is 6. The molecule has 4 N–H and O–H groups in total. The predicted molar refractivity (Wildman–Crippen MR) is 82.8 cm³/mol. The van der Waals surface area contributed by atoms with E-state index in [1.54, 1.807) is 0 Å². The lowest BCUT2D eigenvalue weighted by Crippen LogP contribution is -2.44. The number of rotatable bonds is 6. The van der Waals surface area contributed by atoms with Crippen molar-refractivity contribution in [2.75, 3.05) is 45.0 Å². The Labute approximate surface area is 129 Å². The average Bonchev–Trinajstić information content (AvgIpc) is 2.47. The van der Waals surface area contributed by atoms with E-state index in [1.165, 1.54) is 12.3 Å². The third-order valence-electron chi connectivity index (χ3n) is 3.29. The SMILES string of the molecule is Nc1ncc(Cl)cc1S(=O)(=O)NCCCN1CCNCC1. The van der Waals surface area contributed by atoms with Gasteiger partial charge < -0.3 is 16.0 Å². The number of aromatic nitrogens is 1. The molecule has 1 aromatic heterocycles. The zero-order valence-electron chi connectivity index (χ0n) is 11.7. The van der Waals surface area contributed by atoms with Gasteiger partial charge in [0.05, 0.1) is 5.02 Å². The van der Waals surface area contributed by atoms with Crippen molar-refractivity contribution in [3.8, 4) is 0 Å². The molecule has 0 radical (unpaired) electrons. The first kappa shape index (κ1) is 16.4. The summed E-state index contributed by atoms with van der Waals surface area (Å²) in [7, 11) is -3.67. The van der Waals surface area contributed by atoms with E-state index in [9.17, 15) is 8.42 Å². The Hall–Kier alpha value is -0.930. The lowest BCUT2D eigenvalue weighted by molar-refractivity contribution is 0.239. The Morgan fingerprint density at radius 2 is 2.14 bits per heavy atom. The van der Waals surface area contributed by atoms with E-state index in [2.05, 4.69) is 19.9 Å². The van der Waals surface area contributed by atoms with Crippen LogP contribution in [0.25, 0.3) is 0 Å². The molecular weight excluding hydrogens is 314 g/mol. The molecule has 118 valence electrons. The molecule has 1 aromatic rings. The van der Waals surface area contributed by atoms with Crippen molar-refractivity contribution in [1.29, 1.82) is 0 Å². The predicted octanol–water partition coefficient (Wildman–Crippen LogP) is -0.109. The van der Waals surface area contributed by atoms with Gasteiger partial charge in [-0.3, -0.25) is 0 Å². The fraction of sp³-hybridized carbons (Fsp3) is 0.583. The maximum atomic E-state index is 12.1. The summed E-state index contributed by atoms with van der Waals surface area (Å²) < 4.78 is 26.8. The Balaban J connectivity index is 1.85. The third-order valence-corrected chi connectivity index (χ3v) is 4.99. The normalized spacial score (nSPS) is 17.0. The Bertz CT molecular complexity index is 575. The minimum atomic E-state index is -3.67. The molecule has 0 bridgehead atoms. The van der Waals surface area contributed by atoms with Crippen molar-refractivity contribution in [2.24, 2.45) is 0 Å². The van der Waals surface area contributed by atoms with Crippen LogP contribution >= 0.6 is 11.6 Å². The number of nitrogens with one attached hydrogen (secondary N) is 2. The van der Waals surface area contributed by atoms with Gasteiger partial charge >= 0.3 is 0 Å². The van der Waals surface area contributed by atoms with Crippen LogP contribution in [0.4, 0.5) is 5.82 Å². The molecule has 21 heavy (non-hydrogen) atoms. The summed E-state index contributed by atoms with van der Waals surface area (Å²) in [5.74, 6) is -0.0472. The second-order valence-electron chi connectivity index (χ2n) is 4.88. The van der Waals surface area contributed by atoms with Crippen molar-refractivity contribution in [3.63, 3.8) is 0 Å². The van der Waals surface area contributed by atoms with Gasteiger partial charge in [0.1, 0.15) is 10.7 Å². The highest BCUT2D eigenvalue weighted by molar-refractivity contribution is 7.89. The van der Waals surface area contributed by atoms with Crippen LogP contribution in [0.3, 0.4) is 0 Å². The average molecular weight is 334 g/mol. The summed E-state index contributed by atoms with van der Waals surface area (Å²) >= 11 is 5.76. The molecule has 0 unspecified atom stereocenters. The fourth-order valence-corrected chi connectivity index (χ4v) is 3.57. The second-order valence-corrected chi connectivity index (χ2v) is 7.05. The lowest BCUT2D eigenvalue weighted by atomic mass is 10.3. The summed E-state index contributed by atoms with van der Waals surface area (Å²) in [5.41, 5.74) is 5.59. The lowest BCUT2D eigenvalue weighted by Gasteiger charge is -2.27. The van der Waals surface area contributed by atoms with Crippen LogP contribution < -0.4 is 15.8 Å². The molecule has 2 heterocycles. The van der Waals surface area contributed by atoms with Crippen LogP contribution in [0.2, 0.25) is 5.02 Å². The molecule has 2 rings (SSSR count). The number of nitrogens with zero attached hydrogens (tertiary/aromatic N) is 2.